The lowest BCUT2D eigenvalue weighted by Gasteiger charge is -2.46. The summed E-state index contributed by atoms with van der Waals surface area (Å²) in [5, 5.41) is 45.6. The molecule has 0 heterocycles. The monoisotopic (exact) mass is 552 g/mol. The predicted octanol–water partition coefficient (Wildman–Crippen LogP) is 6.19. The van der Waals surface area contributed by atoms with Gasteiger partial charge in [0.1, 0.15) is 22.8 Å². The highest BCUT2D eigenvalue weighted by Crippen LogP contribution is 2.53. The van der Waals surface area contributed by atoms with E-state index in [9.17, 15) is 34.8 Å². The fourth-order valence-electron chi connectivity index (χ4n) is 7.20. The van der Waals surface area contributed by atoms with Crippen molar-refractivity contribution in [1.29, 1.82) is 0 Å². The molecule has 0 aromatic heterocycles. The third-order valence-electron chi connectivity index (χ3n) is 9.35. The Kier molecular flexibility index (Phi) is 8.65. The topological polar surface area (TPSA) is 132 Å². The molecule has 3 aliphatic carbocycles. The number of allylic oxidation sites excluding steroid dienone is 1. The van der Waals surface area contributed by atoms with Gasteiger partial charge in [-0.15, -0.1) is 0 Å². The van der Waals surface area contributed by atoms with Crippen LogP contribution in [0.4, 0.5) is 0 Å². The summed E-state index contributed by atoms with van der Waals surface area (Å²) in [6, 6.07) is 2.06. The number of aromatic hydroxyl groups is 1. The second-order valence-corrected chi connectivity index (χ2v) is 12.4. The Labute approximate surface area is 237 Å². The number of fused-ring (bicyclic) bond motifs is 3. The van der Waals surface area contributed by atoms with E-state index < -0.39 is 46.1 Å². The number of aliphatic hydroxyl groups excluding tert-OH is 2. The zero-order valence-electron chi connectivity index (χ0n) is 24.5. The quantitative estimate of drug-likeness (QED) is 0.254. The molecule has 0 radical (unpaired) electrons. The van der Waals surface area contributed by atoms with Crippen LogP contribution in [0.15, 0.2) is 23.0 Å². The van der Waals surface area contributed by atoms with Crippen LogP contribution in [0.25, 0.3) is 5.76 Å². The maximum absolute atomic E-state index is 13.9. The molecular formula is C33H44O7. The molecule has 1 aromatic rings. The molecular weight excluding hydrogens is 508 g/mol. The van der Waals surface area contributed by atoms with Crippen LogP contribution >= 0.6 is 0 Å². The third-order valence-corrected chi connectivity index (χ3v) is 9.35. The number of phenols is 1. The summed E-state index contributed by atoms with van der Waals surface area (Å²) in [7, 11) is 0. The van der Waals surface area contributed by atoms with Gasteiger partial charge in [-0.2, -0.15) is 0 Å². The van der Waals surface area contributed by atoms with Gasteiger partial charge in [0.05, 0.1) is 5.56 Å². The van der Waals surface area contributed by atoms with Crippen molar-refractivity contribution in [2.45, 2.75) is 110 Å². The summed E-state index contributed by atoms with van der Waals surface area (Å²) >= 11 is 0. The standard InChI is InChI=1S/C33H44O7/c1-6-8-10-19(11-9-7-2)12-21-15-23(17(3)4)24-14-20-13-22-16-25(35)26(18(5)34)31(38)33(22,40)32(39)27(20)30(37)28(24)29(21)36/h15,17,19-20,22,36-38,40H,6-14,16H2,1-5H3/t20-,22+,33-/m1/s1. The van der Waals surface area contributed by atoms with Crippen molar-refractivity contribution >= 4 is 23.1 Å². The van der Waals surface area contributed by atoms with E-state index in [4.69, 9.17) is 0 Å². The molecule has 0 aliphatic heterocycles. The van der Waals surface area contributed by atoms with Gasteiger partial charge in [-0.25, -0.2) is 0 Å². The number of ketones is 3. The summed E-state index contributed by atoms with van der Waals surface area (Å²) in [5.74, 6) is -4.47. The first-order valence-corrected chi connectivity index (χ1v) is 14.9. The number of benzene rings is 1. The number of rotatable bonds is 10. The molecule has 0 spiro atoms. The van der Waals surface area contributed by atoms with Crippen LogP contribution in [-0.2, 0) is 27.2 Å². The summed E-state index contributed by atoms with van der Waals surface area (Å²) < 4.78 is 0. The largest absolute Gasteiger partial charge is 0.508 e. The molecule has 3 aliphatic rings. The van der Waals surface area contributed by atoms with Gasteiger partial charge in [0.2, 0.25) is 5.78 Å². The maximum Gasteiger partial charge on any atom is 0.202 e. The minimum Gasteiger partial charge on any atom is -0.508 e. The van der Waals surface area contributed by atoms with Crippen LogP contribution in [0.5, 0.6) is 5.75 Å². The molecule has 7 nitrogen and oxygen atoms in total. The van der Waals surface area contributed by atoms with E-state index in [1.807, 2.05) is 0 Å². The number of carbonyl (C=O) groups is 3. The van der Waals surface area contributed by atoms with Crippen LogP contribution in [0.1, 0.15) is 114 Å². The third kappa shape index (κ3) is 4.91. The zero-order valence-corrected chi connectivity index (χ0v) is 24.5. The molecule has 40 heavy (non-hydrogen) atoms. The Bertz CT molecular complexity index is 1280. The average molecular weight is 553 g/mol. The SMILES string of the molecule is CCCCC(CCCC)Cc1cc(C(C)C)c2c(c1O)C(O)=C1C(=O)[C@]3(O)C(O)=C(C(C)=O)C(=O)C[C@@H]3C[C@@H]1C2. The average Bonchev–Trinajstić information content (AvgIpc) is 2.88. The van der Waals surface area contributed by atoms with Gasteiger partial charge < -0.3 is 20.4 Å². The van der Waals surface area contributed by atoms with E-state index in [0.29, 0.717) is 18.8 Å². The number of unbranched alkanes of at least 4 members (excludes halogenated alkanes) is 2. The highest BCUT2D eigenvalue weighted by Gasteiger charge is 2.60. The summed E-state index contributed by atoms with van der Waals surface area (Å²) in [4.78, 5) is 38.6. The normalized spacial score (nSPS) is 24.5. The first-order valence-electron chi connectivity index (χ1n) is 14.9. The van der Waals surface area contributed by atoms with Gasteiger partial charge in [-0.3, -0.25) is 14.4 Å². The molecule has 218 valence electrons. The highest BCUT2D eigenvalue weighted by molar-refractivity contribution is 6.23. The van der Waals surface area contributed by atoms with Gasteiger partial charge in [-0.1, -0.05) is 72.3 Å². The first-order chi connectivity index (χ1) is 18.9. The van der Waals surface area contributed by atoms with Crippen LogP contribution in [-0.4, -0.2) is 43.4 Å². The van der Waals surface area contributed by atoms with Crippen LogP contribution in [0.3, 0.4) is 0 Å². The molecule has 0 amide bonds. The van der Waals surface area contributed by atoms with E-state index in [1.165, 1.54) is 0 Å². The molecule has 1 saturated carbocycles. The summed E-state index contributed by atoms with van der Waals surface area (Å²) in [6.45, 7) is 9.57. The minimum absolute atomic E-state index is 0.0363. The second kappa shape index (κ2) is 11.5. The summed E-state index contributed by atoms with van der Waals surface area (Å²) in [6.07, 6.45) is 7.45. The number of Topliss-reactive ketones (excluding diaryl/α,β-unsaturated/α-hetero) is 3. The van der Waals surface area contributed by atoms with Crippen molar-refractivity contribution in [3.63, 3.8) is 0 Å². The maximum atomic E-state index is 13.9. The Morgan fingerprint density at radius 2 is 1.68 bits per heavy atom. The van der Waals surface area contributed by atoms with Crippen molar-refractivity contribution in [2.24, 2.45) is 17.8 Å². The van der Waals surface area contributed by atoms with Crippen molar-refractivity contribution < 1.29 is 34.8 Å². The Morgan fingerprint density at radius 3 is 2.23 bits per heavy atom. The van der Waals surface area contributed by atoms with Gasteiger partial charge in [-0.05, 0) is 60.6 Å². The number of aliphatic hydroxyl groups is 3. The highest BCUT2D eigenvalue weighted by atomic mass is 16.3. The molecule has 4 N–H and O–H groups in total. The van der Waals surface area contributed by atoms with Gasteiger partial charge in [0.25, 0.3) is 0 Å². The van der Waals surface area contributed by atoms with Crippen molar-refractivity contribution in [2.75, 3.05) is 0 Å². The Balaban J connectivity index is 1.86. The molecule has 0 unspecified atom stereocenters. The first kappa shape index (κ1) is 30.0. The van der Waals surface area contributed by atoms with E-state index in [0.717, 1.165) is 62.1 Å². The second-order valence-electron chi connectivity index (χ2n) is 12.4. The summed E-state index contributed by atoms with van der Waals surface area (Å²) in [5.41, 5.74) is -0.306. The van der Waals surface area contributed by atoms with Crippen molar-refractivity contribution in [3.8, 4) is 5.75 Å². The smallest absolute Gasteiger partial charge is 0.202 e. The van der Waals surface area contributed by atoms with Crippen LogP contribution in [0.2, 0.25) is 0 Å². The molecule has 1 aromatic carbocycles. The molecule has 0 bridgehead atoms. The van der Waals surface area contributed by atoms with E-state index in [2.05, 4.69) is 33.8 Å². The number of carbonyl (C=O) groups excluding carboxylic acids is 3. The van der Waals surface area contributed by atoms with E-state index in [1.54, 1.807) is 0 Å². The molecule has 7 heteroatoms. The molecule has 0 saturated heterocycles. The van der Waals surface area contributed by atoms with Crippen LogP contribution < -0.4 is 0 Å². The molecule has 4 rings (SSSR count). The van der Waals surface area contributed by atoms with E-state index in [-0.39, 0.29) is 41.4 Å². The molecule has 1 fully saturated rings. The zero-order chi connectivity index (χ0) is 29.5. The Hall–Kier alpha value is -2.93. The Morgan fingerprint density at radius 1 is 1.05 bits per heavy atom. The van der Waals surface area contributed by atoms with Crippen molar-refractivity contribution in [1.82, 2.24) is 0 Å². The van der Waals surface area contributed by atoms with Gasteiger partial charge >= 0.3 is 0 Å². The predicted molar refractivity (Wildman–Crippen MR) is 153 cm³/mol. The number of phenolic OH excluding ortho intramolecular Hbond substituents is 1. The number of hydrogen-bond acceptors (Lipinski definition) is 7. The van der Waals surface area contributed by atoms with Gasteiger partial charge in [0, 0.05) is 17.9 Å². The molecule has 3 atom stereocenters. The lowest BCUT2D eigenvalue weighted by molar-refractivity contribution is -0.147. The van der Waals surface area contributed by atoms with E-state index >= 15 is 0 Å². The fraction of sp³-hybridized carbons (Fsp3) is 0.606. The number of hydrogen-bond donors (Lipinski definition) is 4. The minimum atomic E-state index is -2.47. The fourth-order valence-corrected chi connectivity index (χ4v) is 7.20. The lowest BCUT2D eigenvalue weighted by atomic mass is 9.58. The van der Waals surface area contributed by atoms with Gasteiger partial charge in [0.15, 0.2) is 17.2 Å². The van der Waals surface area contributed by atoms with Crippen LogP contribution in [0, 0.1) is 17.8 Å². The van der Waals surface area contributed by atoms with Crippen molar-refractivity contribution in [3.05, 3.63) is 45.2 Å². The lowest BCUT2D eigenvalue weighted by Crippen LogP contribution is -2.57.